The van der Waals surface area contributed by atoms with E-state index in [1.807, 2.05) is 66.7 Å². The van der Waals surface area contributed by atoms with Gasteiger partial charge >= 0.3 is 0 Å². The molecule has 0 aliphatic heterocycles. The highest BCUT2D eigenvalue weighted by atomic mass is 35.5. The van der Waals surface area contributed by atoms with Crippen LogP contribution in [0.2, 0.25) is 5.02 Å². The van der Waals surface area contributed by atoms with Crippen molar-refractivity contribution in [3.63, 3.8) is 0 Å². The number of rotatable bonds is 5. The first-order chi connectivity index (χ1) is 18.2. The SMILES string of the molecule is Clc1ccc(-c2cc(-c3cc(-c4ccccc4)cc(-c4ccccc4)c3)nc(-c3ccccc3)n2)cc1. The molecule has 0 aliphatic rings. The maximum atomic E-state index is 6.17. The van der Waals surface area contributed by atoms with Crippen molar-refractivity contribution in [3.8, 4) is 56.2 Å². The van der Waals surface area contributed by atoms with Crippen LogP contribution in [0.3, 0.4) is 0 Å². The Bertz CT molecular complexity index is 1590. The van der Waals surface area contributed by atoms with Crippen molar-refractivity contribution in [2.75, 3.05) is 0 Å². The molecule has 0 spiro atoms. The number of halogens is 1. The van der Waals surface area contributed by atoms with Crippen LogP contribution in [0.25, 0.3) is 56.2 Å². The summed E-state index contributed by atoms with van der Waals surface area (Å²) in [5, 5.41) is 0.698. The van der Waals surface area contributed by atoms with E-state index in [0.29, 0.717) is 10.8 Å². The summed E-state index contributed by atoms with van der Waals surface area (Å²) in [6.07, 6.45) is 0. The Morgan fingerprint density at radius 2 is 0.784 bits per heavy atom. The van der Waals surface area contributed by atoms with E-state index < -0.39 is 0 Å². The minimum Gasteiger partial charge on any atom is -0.228 e. The number of nitrogens with zero attached hydrogens (tertiary/aromatic N) is 2. The van der Waals surface area contributed by atoms with E-state index in [2.05, 4.69) is 72.8 Å². The third-order valence-electron chi connectivity index (χ3n) is 6.34. The quantitative estimate of drug-likeness (QED) is 0.238. The Morgan fingerprint density at radius 3 is 1.30 bits per heavy atom. The Hall–Kier alpha value is -4.53. The lowest BCUT2D eigenvalue weighted by atomic mass is 9.94. The van der Waals surface area contributed by atoms with Gasteiger partial charge < -0.3 is 0 Å². The normalized spacial score (nSPS) is 10.8. The molecule has 0 saturated heterocycles. The molecule has 176 valence electrons. The molecule has 0 atom stereocenters. The molecule has 2 nitrogen and oxygen atoms in total. The fraction of sp³-hybridized carbons (Fsp3) is 0. The van der Waals surface area contributed by atoms with Crippen LogP contribution >= 0.6 is 11.6 Å². The van der Waals surface area contributed by atoms with Gasteiger partial charge in [-0.1, -0.05) is 115 Å². The molecule has 6 rings (SSSR count). The van der Waals surface area contributed by atoms with Gasteiger partial charge in [-0.25, -0.2) is 9.97 Å². The first-order valence-electron chi connectivity index (χ1n) is 12.2. The number of aromatic nitrogens is 2. The van der Waals surface area contributed by atoms with Gasteiger partial charge in [-0.2, -0.15) is 0 Å². The zero-order valence-electron chi connectivity index (χ0n) is 20.1. The average molecular weight is 495 g/mol. The average Bonchev–Trinajstić information content (AvgIpc) is 2.98. The summed E-state index contributed by atoms with van der Waals surface area (Å²) in [7, 11) is 0. The number of hydrogen-bond donors (Lipinski definition) is 0. The third kappa shape index (κ3) is 5.06. The summed E-state index contributed by atoms with van der Waals surface area (Å²) >= 11 is 6.17. The van der Waals surface area contributed by atoms with Crippen LogP contribution in [-0.2, 0) is 0 Å². The molecule has 1 aromatic heterocycles. The topological polar surface area (TPSA) is 25.8 Å². The Kier molecular flexibility index (Phi) is 6.33. The second kappa shape index (κ2) is 10.2. The highest BCUT2D eigenvalue weighted by Gasteiger charge is 2.13. The molecule has 0 radical (unpaired) electrons. The number of benzene rings is 5. The van der Waals surface area contributed by atoms with Crippen molar-refractivity contribution < 1.29 is 0 Å². The van der Waals surface area contributed by atoms with Gasteiger partial charge in [-0.3, -0.25) is 0 Å². The molecule has 1 heterocycles. The van der Waals surface area contributed by atoms with Gasteiger partial charge in [0.05, 0.1) is 11.4 Å². The van der Waals surface area contributed by atoms with E-state index in [9.17, 15) is 0 Å². The van der Waals surface area contributed by atoms with Crippen LogP contribution in [0.4, 0.5) is 0 Å². The van der Waals surface area contributed by atoms with Crippen LogP contribution in [-0.4, -0.2) is 9.97 Å². The Balaban J connectivity index is 1.58. The van der Waals surface area contributed by atoms with E-state index in [4.69, 9.17) is 21.6 Å². The molecule has 0 fully saturated rings. The smallest absolute Gasteiger partial charge is 0.160 e. The molecule has 3 heteroatoms. The standard InChI is InChI=1S/C34H23ClN2/c35-31-18-16-26(17-19-31)32-23-33(37-34(36-32)27-14-8-3-9-15-27)30-21-28(24-10-4-1-5-11-24)20-29(22-30)25-12-6-2-7-13-25/h1-23H. The Morgan fingerprint density at radius 1 is 0.351 bits per heavy atom. The second-order valence-electron chi connectivity index (χ2n) is 8.87. The van der Waals surface area contributed by atoms with Crippen molar-refractivity contribution in [2.24, 2.45) is 0 Å². The molecule has 6 aromatic rings. The van der Waals surface area contributed by atoms with Gasteiger partial charge in [0.1, 0.15) is 0 Å². The molecule has 0 amide bonds. The number of hydrogen-bond acceptors (Lipinski definition) is 2. The van der Waals surface area contributed by atoms with Crippen LogP contribution in [0.5, 0.6) is 0 Å². The summed E-state index contributed by atoms with van der Waals surface area (Å²) in [5.74, 6) is 0.689. The summed E-state index contributed by atoms with van der Waals surface area (Å²) < 4.78 is 0. The maximum Gasteiger partial charge on any atom is 0.160 e. The molecule has 37 heavy (non-hydrogen) atoms. The molecule has 0 unspecified atom stereocenters. The van der Waals surface area contributed by atoms with Gasteiger partial charge in [0, 0.05) is 21.7 Å². The predicted octanol–water partition coefficient (Wildman–Crippen LogP) is 9.46. The van der Waals surface area contributed by atoms with Crippen LogP contribution in [0, 0.1) is 0 Å². The Labute approximate surface area is 221 Å². The largest absolute Gasteiger partial charge is 0.228 e. The van der Waals surface area contributed by atoms with Gasteiger partial charge in [-0.05, 0) is 58.7 Å². The lowest BCUT2D eigenvalue weighted by molar-refractivity contribution is 1.18. The maximum absolute atomic E-state index is 6.17. The van der Waals surface area contributed by atoms with Crippen molar-refractivity contribution in [1.29, 1.82) is 0 Å². The van der Waals surface area contributed by atoms with Gasteiger partial charge in [0.15, 0.2) is 5.82 Å². The van der Waals surface area contributed by atoms with Gasteiger partial charge in [0.25, 0.3) is 0 Å². The first kappa shape index (κ1) is 22.9. The van der Waals surface area contributed by atoms with E-state index in [0.717, 1.165) is 50.3 Å². The molecule has 0 bridgehead atoms. The van der Waals surface area contributed by atoms with E-state index in [1.54, 1.807) is 0 Å². The fourth-order valence-corrected chi connectivity index (χ4v) is 4.58. The van der Waals surface area contributed by atoms with E-state index >= 15 is 0 Å². The third-order valence-corrected chi connectivity index (χ3v) is 6.59. The predicted molar refractivity (Wildman–Crippen MR) is 154 cm³/mol. The molecule has 0 aliphatic carbocycles. The highest BCUT2D eigenvalue weighted by molar-refractivity contribution is 6.30. The van der Waals surface area contributed by atoms with E-state index in [-0.39, 0.29) is 0 Å². The zero-order valence-corrected chi connectivity index (χ0v) is 20.8. The summed E-state index contributed by atoms with van der Waals surface area (Å²) in [6.45, 7) is 0. The molecule has 5 aromatic carbocycles. The monoisotopic (exact) mass is 494 g/mol. The minimum absolute atomic E-state index is 0.689. The van der Waals surface area contributed by atoms with Crippen molar-refractivity contribution >= 4 is 11.6 Å². The second-order valence-corrected chi connectivity index (χ2v) is 9.30. The van der Waals surface area contributed by atoms with Crippen LogP contribution in [0.15, 0.2) is 140 Å². The molecule has 0 saturated carbocycles. The van der Waals surface area contributed by atoms with Gasteiger partial charge in [0.2, 0.25) is 0 Å². The van der Waals surface area contributed by atoms with Crippen molar-refractivity contribution in [3.05, 3.63) is 145 Å². The van der Waals surface area contributed by atoms with Crippen LogP contribution in [0.1, 0.15) is 0 Å². The molecule has 0 N–H and O–H groups in total. The first-order valence-corrected chi connectivity index (χ1v) is 12.6. The molecular weight excluding hydrogens is 472 g/mol. The van der Waals surface area contributed by atoms with Crippen molar-refractivity contribution in [1.82, 2.24) is 9.97 Å². The van der Waals surface area contributed by atoms with Crippen LogP contribution < -0.4 is 0 Å². The van der Waals surface area contributed by atoms with Gasteiger partial charge in [-0.15, -0.1) is 0 Å². The fourth-order valence-electron chi connectivity index (χ4n) is 4.45. The van der Waals surface area contributed by atoms with E-state index in [1.165, 1.54) is 0 Å². The minimum atomic E-state index is 0.689. The lowest BCUT2D eigenvalue weighted by Gasteiger charge is -2.13. The summed E-state index contributed by atoms with van der Waals surface area (Å²) in [5.41, 5.74) is 9.34. The van der Waals surface area contributed by atoms with Crippen molar-refractivity contribution in [2.45, 2.75) is 0 Å². The highest BCUT2D eigenvalue weighted by Crippen LogP contribution is 2.34. The summed E-state index contributed by atoms with van der Waals surface area (Å²) in [4.78, 5) is 9.99. The summed E-state index contributed by atoms with van der Waals surface area (Å²) in [6, 6.07) is 47.6. The zero-order chi connectivity index (χ0) is 25.0. The molecular formula is C34H23ClN2. The lowest BCUT2D eigenvalue weighted by Crippen LogP contribution is -1.96.